The molecule has 0 saturated carbocycles. The van der Waals surface area contributed by atoms with Crippen LogP contribution in [0.1, 0.15) is 322 Å². The molecule has 15 rings (SSSR count). The van der Waals surface area contributed by atoms with Gasteiger partial charge in [-0.05, 0) is 210 Å². The summed E-state index contributed by atoms with van der Waals surface area (Å²) in [6.45, 7) is 53.7. The molecule has 0 unspecified atom stereocenters. The second kappa shape index (κ2) is 32.9. The molecular weight excluding hydrogens is 1550 g/mol. The fourth-order valence-electron chi connectivity index (χ4n) is 18.6. The zero-order chi connectivity index (χ0) is 90.8. The molecule has 126 heavy (non-hydrogen) atoms. The molecule has 0 fully saturated rings. The highest BCUT2D eigenvalue weighted by Gasteiger charge is 2.34. The number of ether oxygens (including phenoxy) is 2. The molecule has 650 valence electrons. The number of terminal acetylenes is 2. The standard InChI is InChI=1S/C116H128N2O8/c1-27-37-123-107-79-43-75-55-85(111(9,10)11)51-71(103(75)119)39-67-47-83(109(3,4)5)48-68(40-72-52-86(112(12,13)14)56-76(104(72)120)44-80(107)60-89(59-79)115(21,22)23)97(67)63-91-65-99(117-125-91)101-93-33-29-31-35-95(93)102(96-36-32-30-34-94(96)101)100-66-92(126-118-100)64-98-69-41-73-53-87(113(15,16)17)57-77(105(73)121)45-81-61-90(116(24,25)26)62-82(108(81)124-38-28-2)46-78-58-88(114(18,19)20)54-74(106(78)122)42-70(98)50-84(49-69)110(6,7)8/h1-2,29-36,47-62,65-66,119-122H,37-46,63-64H2,3-26H3. The number of phenolic OH excluding ortho intramolecular Hbond substituents is 4. The lowest BCUT2D eigenvalue weighted by molar-refractivity contribution is 0.362. The molecule has 2 heterocycles. The summed E-state index contributed by atoms with van der Waals surface area (Å²) in [4.78, 5) is 0. The maximum atomic E-state index is 13.2. The smallest absolute Gasteiger partial charge is 0.148 e. The van der Waals surface area contributed by atoms with Crippen LogP contribution < -0.4 is 9.47 Å². The van der Waals surface area contributed by atoms with Crippen molar-refractivity contribution in [2.45, 2.75) is 274 Å². The van der Waals surface area contributed by atoms with Gasteiger partial charge in [-0.15, -0.1) is 12.8 Å². The Morgan fingerprint density at radius 1 is 0.278 bits per heavy atom. The van der Waals surface area contributed by atoms with Crippen molar-refractivity contribution in [1.82, 2.24) is 10.3 Å². The van der Waals surface area contributed by atoms with Gasteiger partial charge in [0.2, 0.25) is 0 Å². The van der Waals surface area contributed by atoms with Gasteiger partial charge in [-0.3, -0.25) is 0 Å². The molecule has 0 atom stereocenters. The van der Waals surface area contributed by atoms with E-state index in [-0.39, 0.29) is 79.5 Å². The fourth-order valence-corrected chi connectivity index (χ4v) is 18.6. The van der Waals surface area contributed by atoms with Crippen LogP contribution in [0.4, 0.5) is 0 Å². The molecule has 10 heteroatoms. The Morgan fingerprint density at radius 2 is 0.460 bits per heavy atom. The first-order valence-electron chi connectivity index (χ1n) is 45.0. The Hall–Kier alpha value is -11.7. The van der Waals surface area contributed by atoms with Crippen molar-refractivity contribution in [1.29, 1.82) is 0 Å². The lowest BCUT2D eigenvalue weighted by atomic mass is 9.78. The van der Waals surface area contributed by atoms with Crippen LogP contribution in [0.2, 0.25) is 0 Å². The lowest BCUT2D eigenvalue weighted by Gasteiger charge is -2.28. The van der Waals surface area contributed by atoms with Crippen LogP contribution in [0.15, 0.2) is 167 Å². The Labute approximate surface area is 748 Å². The van der Waals surface area contributed by atoms with Crippen LogP contribution in [-0.4, -0.2) is 44.0 Å². The van der Waals surface area contributed by atoms with Gasteiger partial charge in [-0.2, -0.15) is 0 Å². The lowest BCUT2D eigenvalue weighted by Crippen LogP contribution is -2.17. The van der Waals surface area contributed by atoms with Crippen LogP contribution in [0.25, 0.3) is 44.1 Å². The first kappa shape index (κ1) is 89.1. The van der Waals surface area contributed by atoms with Crippen molar-refractivity contribution in [2.24, 2.45) is 0 Å². The van der Waals surface area contributed by atoms with Crippen LogP contribution in [0.5, 0.6) is 34.5 Å². The predicted molar refractivity (Wildman–Crippen MR) is 517 cm³/mol. The van der Waals surface area contributed by atoms with Crippen molar-refractivity contribution in [2.75, 3.05) is 13.2 Å². The molecule has 2 aliphatic rings. The average Bonchev–Trinajstić information content (AvgIpc) is 1.32. The number of aromatic hydroxyl groups is 4. The van der Waals surface area contributed by atoms with E-state index in [1.165, 1.54) is 0 Å². The molecule has 4 N–H and O–H groups in total. The normalized spacial score (nSPS) is 13.7. The van der Waals surface area contributed by atoms with E-state index in [1.54, 1.807) is 0 Å². The Balaban J connectivity index is 0.873. The summed E-state index contributed by atoms with van der Waals surface area (Å²) < 4.78 is 26.9. The number of hydrogen-bond donors (Lipinski definition) is 4. The van der Waals surface area contributed by atoms with Crippen LogP contribution in [0.3, 0.4) is 0 Å². The summed E-state index contributed by atoms with van der Waals surface area (Å²) >= 11 is 0. The minimum atomic E-state index is -0.298. The fraction of sp³-hybridized carbons (Fsp3) is 0.379. The predicted octanol–water partition coefficient (Wildman–Crippen LogP) is 27.1. The SMILES string of the molecule is C#CCOc1c2cc(C(C)(C)C)cc1Cc1cc(C(C)(C)C)cc(c1O)Cc1cc(C(C)(C)C)cc(c1Cc1cc(-c3c4ccccc4c(-c4cc(Cc5c6cc(C(C)(C)C)cc5Cc5cc(C(C)(C)C)cc(c5O)Cc5cc(C(C)(C)C)cc(c5OCC#C)Cc5cc(C(C)(C)C)cc(c5O)C6)on4)c4ccccc34)no1)Cc1cc(C(C)(C)C)cc(c1O)C2. The number of benzene rings is 11. The Kier molecular flexibility index (Phi) is 23.3. The molecule has 13 aromatic rings. The quantitative estimate of drug-likeness (QED) is 0.0769. The highest BCUT2D eigenvalue weighted by atomic mass is 16.5. The van der Waals surface area contributed by atoms with E-state index in [2.05, 4.69) is 336 Å². The molecule has 10 nitrogen and oxygen atoms in total. The third-order valence-electron chi connectivity index (χ3n) is 26.3. The highest BCUT2D eigenvalue weighted by Crippen LogP contribution is 2.50. The molecule has 0 spiro atoms. The van der Waals surface area contributed by atoms with Gasteiger partial charge < -0.3 is 38.9 Å². The second-order valence-electron chi connectivity index (χ2n) is 44.3. The Bertz CT molecular complexity index is 5870. The summed E-state index contributed by atoms with van der Waals surface area (Å²) in [7, 11) is 0. The van der Waals surface area contributed by atoms with Gasteiger partial charge in [0.15, 0.2) is 0 Å². The zero-order valence-corrected chi connectivity index (χ0v) is 79.0. The molecular formula is C116H128N2O8. The van der Waals surface area contributed by atoms with Crippen molar-refractivity contribution in [3.63, 3.8) is 0 Å². The second-order valence-corrected chi connectivity index (χ2v) is 44.3. The monoisotopic (exact) mass is 1680 g/mol. The van der Waals surface area contributed by atoms with Gasteiger partial charge in [0, 0.05) is 87.5 Å². The average molecular weight is 1680 g/mol. The summed E-state index contributed by atoms with van der Waals surface area (Å²) in [5.41, 5.74) is 26.1. The highest BCUT2D eigenvalue weighted by molar-refractivity contribution is 6.20. The minimum Gasteiger partial charge on any atom is -0.507 e. The summed E-state index contributed by atoms with van der Waals surface area (Å²) in [6.07, 6.45) is 15.8. The molecule has 0 radical (unpaired) electrons. The third-order valence-corrected chi connectivity index (χ3v) is 26.3. The Morgan fingerprint density at radius 3 is 0.651 bits per heavy atom. The summed E-state index contributed by atoms with van der Waals surface area (Å²) in [6, 6.07) is 56.9. The molecule has 0 saturated heterocycles. The van der Waals surface area contributed by atoms with E-state index < -0.39 is 0 Å². The van der Waals surface area contributed by atoms with Gasteiger partial charge in [0.25, 0.3) is 0 Å². The van der Waals surface area contributed by atoms with E-state index in [9.17, 15) is 20.4 Å². The van der Waals surface area contributed by atoms with Gasteiger partial charge in [-0.25, -0.2) is 0 Å². The molecule has 16 bridgehead atoms. The van der Waals surface area contributed by atoms with Gasteiger partial charge in [0.1, 0.15) is 70.6 Å². The van der Waals surface area contributed by atoms with E-state index in [0.29, 0.717) is 98.6 Å². The van der Waals surface area contributed by atoms with Crippen molar-refractivity contribution < 1.29 is 38.9 Å². The molecule has 0 aliphatic heterocycles. The number of nitrogens with zero attached hydrogens (tertiary/aromatic N) is 2. The summed E-state index contributed by atoms with van der Waals surface area (Å²) in [5.74, 6) is 9.09. The maximum Gasteiger partial charge on any atom is 0.148 e. The molecule has 2 aliphatic carbocycles. The molecule has 11 aromatic carbocycles. The largest absolute Gasteiger partial charge is 0.507 e. The first-order valence-corrected chi connectivity index (χ1v) is 45.0. The van der Waals surface area contributed by atoms with E-state index >= 15 is 0 Å². The topological polar surface area (TPSA) is 151 Å². The van der Waals surface area contributed by atoms with Crippen LogP contribution >= 0.6 is 0 Å². The minimum absolute atomic E-state index is 0.0524. The number of fused-ring (bicyclic) bond motifs is 18. The van der Waals surface area contributed by atoms with E-state index in [1.807, 2.05) is 0 Å². The van der Waals surface area contributed by atoms with Crippen LogP contribution in [-0.2, 0) is 108 Å². The van der Waals surface area contributed by atoms with E-state index in [4.69, 9.17) is 41.7 Å². The number of hydrogen-bond acceptors (Lipinski definition) is 10. The van der Waals surface area contributed by atoms with E-state index in [0.717, 1.165) is 177 Å². The molecule has 2 aromatic heterocycles. The maximum absolute atomic E-state index is 13.2. The van der Waals surface area contributed by atoms with Crippen molar-refractivity contribution in [3.05, 3.63) is 314 Å². The van der Waals surface area contributed by atoms with Gasteiger partial charge in [-0.1, -0.05) is 334 Å². The number of rotatable bonds is 10. The molecule has 0 amide bonds. The summed E-state index contributed by atoms with van der Waals surface area (Å²) in [5, 5.41) is 66.6. The van der Waals surface area contributed by atoms with Crippen LogP contribution in [0, 0.1) is 24.7 Å². The number of aromatic nitrogens is 2. The zero-order valence-electron chi connectivity index (χ0n) is 79.0. The van der Waals surface area contributed by atoms with Crippen molar-refractivity contribution >= 4 is 21.5 Å². The van der Waals surface area contributed by atoms with Crippen molar-refractivity contribution in [3.8, 4) is 81.7 Å². The van der Waals surface area contributed by atoms with Gasteiger partial charge in [0.05, 0.1) is 0 Å². The number of phenols is 4. The van der Waals surface area contributed by atoms with Gasteiger partial charge >= 0.3 is 0 Å². The first-order chi connectivity index (χ1) is 59.0. The third kappa shape index (κ3) is 18.2.